The third-order valence-electron chi connectivity index (χ3n) is 1.84. The molecule has 0 radical (unpaired) electrons. The molecule has 0 aromatic carbocycles. The summed E-state index contributed by atoms with van der Waals surface area (Å²) in [5.74, 6) is 0.0388. The van der Waals surface area contributed by atoms with Gasteiger partial charge in [0.25, 0.3) is 0 Å². The van der Waals surface area contributed by atoms with Crippen molar-refractivity contribution in [2.45, 2.75) is 32.6 Å². The van der Waals surface area contributed by atoms with Crippen molar-refractivity contribution in [1.29, 1.82) is 0 Å². The van der Waals surface area contributed by atoms with Crippen LogP contribution in [0.4, 0.5) is 0 Å². The largest absolute Gasteiger partial charge is 0.349 e. The predicted octanol–water partition coefficient (Wildman–Crippen LogP) is 0.300. The lowest BCUT2D eigenvalue weighted by Crippen LogP contribution is -2.44. The first-order valence-electron chi connectivity index (χ1n) is 3.48. The number of nitrogens with one attached hydrogen (secondary N) is 1. The van der Waals surface area contributed by atoms with E-state index in [0.717, 1.165) is 6.54 Å². The molecule has 0 spiro atoms. The van der Waals surface area contributed by atoms with Crippen LogP contribution in [0.25, 0.3) is 0 Å². The van der Waals surface area contributed by atoms with Crippen molar-refractivity contribution in [3.63, 3.8) is 0 Å². The summed E-state index contributed by atoms with van der Waals surface area (Å²) in [4.78, 5) is 10.9. The Morgan fingerprint density at radius 2 is 2.40 bits per heavy atom. The first-order chi connectivity index (χ1) is 4.54. The first-order valence-corrected chi connectivity index (χ1v) is 3.48. The minimum atomic E-state index is -0.723. The topological polar surface area (TPSA) is 38.3 Å². The van der Waals surface area contributed by atoms with E-state index in [1.165, 1.54) is 6.92 Å². The Morgan fingerprint density at radius 1 is 1.80 bits per heavy atom. The standard InChI is InChI=1S/C7H13NO2/c1-5-4-8-7(3,10-5)6(2)9/h5,8H,4H2,1-3H3/t5-,7+/m1/s1. The van der Waals surface area contributed by atoms with E-state index in [0.29, 0.717) is 0 Å². The van der Waals surface area contributed by atoms with Gasteiger partial charge in [-0.1, -0.05) is 0 Å². The van der Waals surface area contributed by atoms with Crippen LogP contribution in [-0.4, -0.2) is 24.2 Å². The highest BCUT2D eigenvalue weighted by Crippen LogP contribution is 2.16. The van der Waals surface area contributed by atoms with E-state index in [2.05, 4.69) is 5.32 Å². The second-order valence-corrected chi connectivity index (χ2v) is 2.90. The van der Waals surface area contributed by atoms with Crippen molar-refractivity contribution in [2.24, 2.45) is 0 Å². The second-order valence-electron chi connectivity index (χ2n) is 2.90. The number of rotatable bonds is 1. The van der Waals surface area contributed by atoms with E-state index in [9.17, 15) is 4.79 Å². The molecule has 0 aliphatic carbocycles. The maximum Gasteiger partial charge on any atom is 0.176 e. The van der Waals surface area contributed by atoms with Crippen LogP contribution in [0, 0.1) is 0 Å². The Bertz CT molecular complexity index is 158. The highest BCUT2D eigenvalue weighted by atomic mass is 16.5. The molecular weight excluding hydrogens is 130 g/mol. The van der Waals surface area contributed by atoms with Crippen LogP contribution in [0.3, 0.4) is 0 Å². The van der Waals surface area contributed by atoms with Gasteiger partial charge in [0.15, 0.2) is 11.5 Å². The first kappa shape index (κ1) is 7.69. The summed E-state index contributed by atoms with van der Waals surface area (Å²) in [6.07, 6.45) is 0.147. The van der Waals surface area contributed by atoms with E-state index < -0.39 is 5.72 Å². The quantitative estimate of drug-likeness (QED) is 0.573. The number of carbonyl (C=O) groups excluding carboxylic acids is 1. The lowest BCUT2D eigenvalue weighted by atomic mass is 10.2. The van der Waals surface area contributed by atoms with Crippen LogP contribution in [-0.2, 0) is 9.53 Å². The molecule has 1 N–H and O–H groups in total. The third kappa shape index (κ3) is 1.20. The Hall–Kier alpha value is -0.410. The van der Waals surface area contributed by atoms with Gasteiger partial charge in [-0.15, -0.1) is 0 Å². The van der Waals surface area contributed by atoms with Crippen LogP contribution >= 0.6 is 0 Å². The van der Waals surface area contributed by atoms with Gasteiger partial charge < -0.3 is 4.74 Å². The summed E-state index contributed by atoms with van der Waals surface area (Å²) >= 11 is 0. The van der Waals surface area contributed by atoms with Crippen molar-refractivity contribution in [2.75, 3.05) is 6.54 Å². The van der Waals surface area contributed by atoms with E-state index in [1.807, 2.05) is 6.92 Å². The zero-order valence-corrected chi connectivity index (χ0v) is 6.60. The third-order valence-corrected chi connectivity index (χ3v) is 1.84. The average Bonchev–Trinajstić information content (AvgIpc) is 2.13. The fourth-order valence-corrected chi connectivity index (χ4v) is 1.03. The molecule has 1 aliphatic rings. The smallest absolute Gasteiger partial charge is 0.176 e. The fraction of sp³-hybridized carbons (Fsp3) is 0.857. The molecule has 1 heterocycles. The minimum absolute atomic E-state index is 0.0388. The van der Waals surface area contributed by atoms with Crippen molar-refractivity contribution in [1.82, 2.24) is 5.32 Å². The van der Waals surface area contributed by atoms with Crippen LogP contribution in [0.1, 0.15) is 20.8 Å². The lowest BCUT2D eigenvalue weighted by Gasteiger charge is -2.19. The molecule has 1 rings (SSSR count). The molecule has 0 unspecified atom stereocenters. The van der Waals surface area contributed by atoms with Gasteiger partial charge in [-0.3, -0.25) is 10.1 Å². The molecule has 0 saturated carbocycles. The lowest BCUT2D eigenvalue weighted by molar-refractivity contribution is -0.139. The Kier molecular flexibility index (Phi) is 1.79. The molecule has 1 aliphatic heterocycles. The van der Waals surface area contributed by atoms with Crippen molar-refractivity contribution in [3.05, 3.63) is 0 Å². The molecule has 0 aromatic heterocycles. The van der Waals surface area contributed by atoms with Crippen LogP contribution in [0.2, 0.25) is 0 Å². The number of hydrogen-bond donors (Lipinski definition) is 1. The number of carbonyl (C=O) groups is 1. The van der Waals surface area contributed by atoms with E-state index in [-0.39, 0.29) is 11.9 Å². The molecule has 3 heteroatoms. The molecule has 0 bridgehead atoms. The van der Waals surface area contributed by atoms with Gasteiger partial charge in [-0.25, -0.2) is 0 Å². The summed E-state index contributed by atoms with van der Waals surface area (Å²) in [5.41, 5.74) is -0.723. The Morgan fingerprint density at radius 3 is 2.60 bits per heavy atom. The predicted molar refractivity (Wildman–Crippen MR) is 37.6 cm³/mol. The van der Waals surface area contributed by atoms with Gasteiger partial charge in [-0.05, 0) is 20.8 Å². The van der Waals surface area contributed by atoms with E-state index in [1.54, 1.807) is 6.92 Å². The molecule has 1 fully saturated rings. The van der Waals surface area contributed by atoms with Gasteiger partial charge in [0.05, 0.1) is 6.10 Å². The maximum absolute atomic E-state index is 10.9. The highest BCUT2D eigenvalue weighted by Gasteiger charge is 2.37. The number of ether oxygens (including phenoxy) is 1. The Labute approximate surface area is 60.7 Å². The van der Waals surface area contributed by atoms with Gasteiger partial charge in [0.1, 0.15) is 0 Å². The molecule has 2 atom stereocenters. The summed E-state index contributed by atoms with van der Waals surface area (Å²) in [7, 11) is 0. The molecule has 10 heavy (non-hydrogen) atoms. The molecule has 1 saturated heterocycles. The maximum atomic E-state index is 10.9. The molecular formula is C7H13NO2. The van der Waals surface area contributed by atoms with E-state index in [4.69, 9.17) is 4.74 Å². The summed E-state index contributed by atoms with van der Waals surface area (Å²) in [5, 5.41) is 3.01. The highest BCUT2D eigenvalue weighted by molar-refractivity contribution is 5.84. The number of hydrogen-bond acceptors (Lipinski definition) is 3. The monoisotopic (exact) mass is 143 g/mol. The number of Topliss-reactive ketones (excluding diaryl/α,β-unsaturated/α-hetero) is 1. The minimum Gasteiger partial charge on any atom is -0.349 e. The van der Waals surface area contributed by atoms with Gasteiger partial charge >= 0.3 is 0 Å². The SMILES string of the molecule is CC(=O)[C@@]1(C)NC[C@@H](C)O1. The summed E-state index contributed by atoms with van der Waals surface area (Å²) in [6.45, 7) is 6.00. The van der Waals surface area contributed by atoms with Crippen molar-refractivity contribution >= 4 is 5.78 Å². The van der Waals surface area contributed by atoms with E-state index >= 15 is 0 Å². The summed E-state index contributed by atoms with van der Waals surface area (Å²) < 4.78 is 5.35. The molecule has 58 valence electrons. The summed E-state index contributed by atoms with van der Waals surface area (Å²) in [6, 6.07) is 0. The van der Waals surface area contributed by atoms with Gasteiger partial charge in [0, 0.05) is 6.54 Å². The van der Waals surface area contributed by atoms with Gasteiger partial charge in [-0.2, -0.15) is 0 Å². The van der Waals surface area contributed by atoms with Crippen molar-refractivity contribution < 1.29 is 9.53 Å². The fourth-order valence-electron chi connectivity index (χ4n) is 1.03. The molecule has 0 aromatic rings. The number of ketones is 1. The van der Waals surface area contributed by atoms with Crippen LogP contribution in [0.15, 0.2) is 0 Å². The van der Waals surface area contributed by atoms with Crippen LogP contribution < -0.4 is 5.32 Å². The van der Waals surface area contributed by atoms with Crippen molar-refractivity contribution in [3.8, 4) is 0 Å². The Balaban J connectivity index is 2.63. The second kappa shape index (κ2) is 2.32. The van der Waals surface area contributed by atoms with Gasteiger partial charge in [0.2, 0.25) is 0 Å². The zero-order chi connectivity index (χ0) is 7.78. The normalized spacial score (nSPS) is 40.1. The molecule has 3 nitrogen and oxygen atoms in total. The average molecular weight is 143 g/mol. The molecule has 0 amide bonds. The van der Waals surface area contributed by atoms with Crippen LogP contribution in [0.5, 0.6) is 0 Å². The zero-order valence-electron chi connectivity index (χ0n) is 6.60.